The average Bonchev–Trinajstić information content (AvgIpc) is 3.20. The van der Waals surface area contributed by atoms with E-state index in [1.54, 1.807) is 24.3 Å². The van der Waals surface area contributed by atoms with Gasteiger partial charge in [0.2, 0.25) is 0 Å². The first kappa shape index (κ1) is 18.0. The Morgan fingerprint density at radius 1 is 1.04 bits per heavy atom. The summed E-state index contributed by atoms with van der Waals surface area (Å²) < 4.78 is 5.36. The number of hydrogen-bond donors (Lipinski definition) is 2. The van der Waals surface area contributed by atoms with E-state index in [0.717, 1.165) is 36.8 Å². The van der Waals surface area contributed by atoms with Crippen LogP contribution in [0.3, 0.4) is 0 Å². The van der Waals surface area contributed by atoms with Crippen LogP contribution in [0.5, 0.6) is 0 Å². The second kappa shape index (κ2) is 8.52. The smallest absolute Gasteiger partial charge is 0.407 e. The molecule has 0 radical (unpaired) electrons. The van der Waals surface area contributed by atoms with E-state index in [2.05, 4.69) is 5.32 Å². The summed E-state index contributed by atoms with van der Waals surface area (Å²) >= 11 is 0. The predicted octanol–water partition coefficient (Wildman–Crippen LogP) is 4.54. The van der Waals surface area contributed by atoms with Crippen molar-refractivity contribution in [2.75, 3.05) is 0 Å². The van der Waals surface area contributed by atoms with Gasteiger partial charge < -0.3 is 15.2 Å². The average molecular weight is 353 g/mol. The van der Waals surface area contributed by atoms with Crippen molar-refractivity contribution in [3.8, 4) is 0 Å². The Morgan fingerprint density at radius 3 is 2.31 bits per heavy atom. The van der Waals surface area contributed by atoms with Crippen LogP contribution in [-0.2, 0) is 11.3 Å². The molecular formula is C21H23NO4. The van der Waals surface area contributed by atoms with Gasteiger partial charge in [-0.05, 0) is 42.0 Å². The number of aromatic carboxylic acids is 1. The highest BCUT2D eigenvalue weighted by Gasteiger charge is 2.28. The van der Waals surface area contributed by atoms with Gasteiger partial charge in [-0.15, -0.1) is 0 Å². The second-order valence-electron chi connectivity index (χ2n) is 6.66. The lowest BCUT2D eigenvalue weighted by Gasteiger charge is -2.25. The molecule has 0 spiro atoms. The quantitative estimate of drug-likeness (QED) is 0.799. The molecule has 1 unspecified atom stereocenters. The molecule has 2 N–H and O–H groups in total. The van der Waals surface area contributed by atoms with Gasteiger partial charge in [-0.2, -0.15) is 0 Å². The zero-order valence-electron chi connectivity index (χ0n) is 14.6. The van der Waals surface area contributed by atoms with Crippen molar-refractivity contribution in [1.29, 1.82) is 0 Å². The van der Waals surface area contributed by atoms with E-state index in [1.807, 2.05) is 30.3 Å². The van der Waals surface area contributed by atoms with Crippen molar-refractivity contribution in [2.45, 2.75) is 38.3 Å². The summed E-state index contributed by atoms with van der Waals surface area (Å²) in [5, 5.41) is 12.0. The van der Waals surface area contributed by atoms with Crippen LogP contribution in [0.15, 0.2) is 54.6 Å². The third kappa shape index (κ3) is 4.63. The maximum atomic E-state index is 12.3. The number of carbonyl (C=O) groups is 2. The highest BCUT2D eigenvalue weighted by atomic mass is 16.5. The van der Waals surface area contributed by atoms with Crippen molar-refractivity contribution >= 4 is 12.1 Å². The number of ether oxygens (including phenoxy) is 1. The first-order valence-electron chi connectivity index (χ1n) is 8.94. The lowest BCUT2D eigenvalue weighted by atomic mass is 9.91. The largest absolute Gasteiger partial charge is 0.478 e. The number of hydrogen-bond acceptors (Lipinski definition) is 3. The van der Waals surface area contributed by atoms with Gasteiger partial charge in [0.15, 0.2) is 0 Å². The molecule has 0 bridgehead atoms. The molecule has 2 aromatic carbocycles. The maximum Gasteiger partial charge on any atom is 0.407 e. The van der Waals surface area contributed by atoms with Gasteiger partial charge in [0.05, 0.1) is 11.6 Å². The van der Waals surface area contributed by atoms with Gasteiger partial charge in [-0.3, -0.25) is 0 Å². The molecule has 5 nitrogen and oxygen atoms in total. The van der Waals surface area contributed by atoms with E-state index in [1.165, 1.54) is 0 Å². The van der Waals surface area contributed by atoms with Crippen LogP contribution < -0.4 is 5.32 Å². The SMILES string of the molecule is O=C(NC(c1ccc(C(=O)O)cc1)C1CCCC1)OCc1ccccc1. The van der Waals surface area contributed by atoms with Crippen LogP contribution in [0.4, 0.5) is 4.79 Å². The van der Waals surface area contributed by atoms with Crippen LogP contribution in [-0.4, -0.2) is 17.2 Å². The minimum atomic E-state index is -0.954. The number of carboxylic acid groups (broad SMARTS) is 1. The summed E-state index contributed by atoms with van der Waals surface area (Å²) in [6, 6.07) is 16.1. The first-order chi connectivity index (χ1) is 12.6. The van der Waals surface area contributed by atoms with Gasteiger partial charge in [-0.25, -0.2) is 9.59 Å². The Labute approximate surface area is 153 Å². The Morgan fingerprint density at radius 2 is 1.69 bits per heavy atom. The molecule has 3 rings (SSSR count). The van der Waals surface area contributed by atoms with Crippen molar-refractivity contribution in [3.63, 3.8) is 0 Å². The Bertz CT molecular complexity index is 736. The fourth-order valence-corrected chi connectivity index (χ4v) is 3.49. The molecule has 0 saturated heterocycles. The summed E-state index contributed by atoms with van der Waals surface area (Å²) in [6.07, 6.45) is 3.94. The Hall–Kier alpha value is -2.82. The second-order valence-corrected chi connectivity index (χ2v) is 6.66. The summed E-state index contributed by atoms with van der Waals surface area (Å²) in [5.41, 5.74) is 2.09. The van der Waals surface area contributed by atoms with Crippen LogP contribution in [0.25, 0.3) is 0 Å². The highest BCUT2D eigenvalue weighted by molar-refractivity contribution is 5.87. The van der Waals surface area contributed by atoms with Crippen molar-refractivity contribution in [2.24, 2.45) is 5.92 Å². The van der Waals surface area contributed by atoms with Crippen LogP contribution in [0.1, 0.15) is 53.2 Å². The van der Waals surface area contributed by atoms with Gasteiger partial charge in [-0.1, -0.05) is 55.3 Å². The number of nitrogens with one attached hydrogen (secondary N) is 1. The molecule has 0 aliphatic heterocycles. The summed E-state index contributed by atoms with van der Waals surface area (Å²) in [7, 11) is 0. The number of alkyl carbamates (subject to hydrolysis) is 1. The highest BCUT2D eigenvalue weighted by Crippen LogP contribution is 2.36. The van der Waals surface area contributed by atoms with E-state index >= 15 is 0 Å². The normalized spacial score (nSPS) is 15.4. The van der Waals surface area contributed by atoms with E-state index < -0.39 is 12.1 Å². The molecule has 2 aromatic rings. The van der Waals surface area contributed by atoms with Crippen molar-refractivity contribution in [3.05, 3.63) is 71.3 Å². The molecule has 136 valence electrons. The molecule has 0 aromatic heterocycles. The van der Waals surface area contributed by atoms with Crippen molar-refractivity contribution < 1.29 is 19.4 Å². The van der Waals surface area contributed by atoms with Crippen LogP contribution in [0.2, 0.25) is 0 Å². The Kier molecular flexibility index (Phi) is 5.89. The fourth-order valence-electron chi connectivity index (χ4n) is 3.49. The zero-order valence-corrected chi connectivity index (χ0v) is 14.6. The number of amides is 1. The van der Waals surface area contributed by atoms with E-state index in [4.69, 9.17) is 9.84 Å². The minimum absolute atomic E-state index is 0.163. The van der Waals surface area contributed by atoms with Crippen LogP contribution >= 0.6 is 0 Å². The van der Waals surface area contributed by atoms with E-state index in [9.17, 15) is 9.59 Å². The number of rotatable bonds is 6. The number of benzene rings is 2. The molecular weight excluding hydrogens is 330 g/mol. The van der Waals surface area contributed by atoms with Gasteiger partial charge in [0, 0.05) is 0 Å². The lowest BCUT2D eigenvalue weighted by molar-refractivity contribution is 0.0696. The molecule has 26 heavy (non-hydrogen) atoms. The maximum absolute atomic E-state index is 12.3. The van der Waals surface area contributed by atoms with Crippen LogP contribution in [0, 0.1) is 5.92 Å². The van der Waals surface area contributed by atoms with E-state index in [-0.39, 0.29) is 18.2 Å². The third-order valence-corrected chi connectivity index (χ3v) is 4.87. The van der Waals surface area contributed by atoms with Crippen molar-refractivity contribution in [1.82, 2.24) is 5.32 Å². The lowest BCUT2D eigenvalue weighted by Crippen LogP contribution is -2.33. The molecule has 1 aliphatic rings. The topological polar surface area (TPSA) is 75.6 Å². The Balaban J connectivity index is 1.67. The van der Waals surface area contributed by atoms with Gasteiger partial charge >= 0.3 is 12.1 Å². The summed E-state index contributed by atoms with van der Waals surface area (Å²) in [4.78, 5) is 23.4. The molecule has 1 aliphatic carbocycles. The number of carbonyl (C=O) groups excluding carboxylic acids is 1. The molecule has 0 heterocycles. The number of carboxylic acids is 1. The molecule has 1 amide bonds. The molecule has 5 heteroatoms. The first-order valence-corrected chi connectivity index (χ1v) is 8.94. The fraction of sp³-hybridized carbons (Fsp3) is 0.333. The predicted molar refractivity (Wildman–Crippen MR) is 97.9 cm³/mol. The zero-order chi connectivity index (χ0) is 18.4. The standard InChI is InChI=1S/C21H23NO4/c23-20(24)18-12-10-17(11-13-18)19(16-8-4-5-9-16)22-21(25)26-14-15-6-2-1-3-7-15/h1-3,6-7,10-13,16,19H,4-5,8-9,14H2,(H,22,25)(H,23,24). The summed E-state index contributed by atoms with van der Waals surface area (Å²) in [5.74, 6) is -0.612. The molecule has 1 atom stereocenters. The van der Waals surface area contributed by atoms with Gasteiger partial charge in [0.25, 0.3) is 0 Å². The molecule has 1 fully saturated rings. The third-order valence-electron chi connectivity index (χ3n) is 4.87. The monoisotopic (exact) mass is 353 g/mol. The van der Waals surface area contributed by atoms with Gasteiger partial charge in [0.1, 0.15) is 6.61 Å². The minimum Gasteiger partial charge on any atom is -0.478 e. The summed E-state index contributed by atoms with van der Waals surface area (Å²) in [6.45, 7) is 0.224. The molecule has 1 saturated carbocycles. The van der Waals surface area contributed by atoms with E-state index in [0.29, 0.717) is 5.92 Å².